The lowest BCUT2D eigenvalue weighted by Crippen LogP contribution is -2.42. The Morgan fingerprint density at radius 3 is 2.48 bits per heavy atom. The number of carbonyl (C=O) groups is 1. The molecule has 25 heavy (non-hydrogen) atoms. The molecule has 6 heteroatoms. The van der Waals surface area contributed by atoms with Crippen LogP contribution in [0.4, 0.5) is 0 Å². The first-order valence-corrected chi connectivity index (χ1v) is 8.01. The summed E-state index contributed by atoms with van der Waals surface area (Å²) in [4.78, 5) is 11.9. The lowest BCUT2D eigenvalue weighted by atomic mass is 10.2. The number of hydrogen-bond acceptors (Lipinski definition) is 4. The van der Waals surface area contributed by atoms with E-state index in [1.807, 2.05) is 48.5 Å². The maximum absolute atomic E-state index is 11.9. The van der Waals surface area contributed by atoms with E-state index in [0.29, 0.717) is 24.7 Å². The molecule has 1 fully saturated rings. The van der Waals surface area contributed by atoms with Crippen molar-refractivity contribution in [1.82, 2.24) is 5.32 Å². The summed E-state index contributed by atoms with van der Waals surface area (Å²) in [7, 11) is 1.60. The Bertz CT molecular complexity index is 718. The standard InChI is InChI=1S/C19H22N2O3.ClH/c1-23-17-11-15(12-21-18(22)19(20)9-10-19)7-8-16(17)24-13-14-5-3-2-4-6-14;/h2-8,11H,9-10,12-13,20H2,1H3,(H,21,22);1H. The van der Waals surface area contributed by atoms with Gasteiger partial charge in [0.2, 0.25) is 5.91 Å². The van der Waals surface area contributed by atoms with E-state index in [0.717, 1.165) is 24.0 Å². The largest absolute Gasteiger partial charge is 0.493 e. The van der Waals surface area contributed by atoms with Gasteiger partial charge in [-0.1, -0.05) is 36.4 Å². The molecule has 0 spiro atoms. The van der Waals surface area contributed by atoms with Gasteiger partial charge in [-0.05, 0) is 36.1 Å². The molecule has 1 saturated carbocycles. The van der Waals surface area contributed by atoms with Crippen molar-refractivity contribution in [2.24, 2.45) is 5.73 Å². The van der Waals surface area contributed by atoms with Crippen LogP contribution in [0, 0.1) is 0 Å². The summed E-state index contributed by atoms with van der Waals surface area (Å²) in [6.07, 6.45) is 1.52. The van der Waals surface area contributed by atoms with Gasteiger partial charge in [-0.25, -0.2) is 0 Å². The van der Waals surface area contributed by atoms with Crippen LogP contribution in [0.3, 0.4) is 0 Å². The fourth-order valence-corrected chi connectivity index (χ4v) is 2.40. The number of hydrogen-bond donors (Lipinski definition) is 2. The Morgan fingerprint density at radius 2 is 1.84 bits per heavy atom. The second kappa shape index (κ2) is 8.23. The van der Waals surface area contributed by atoms with Crippen molar-refractivity contribution in [3.8, 4) is 11.5 Å². The zero-order chi connectivity index (χ0) is 17.0. The van der Waals surface area contributed by atoms with Crippen molar-refractivity contribution in [2.45, 2.75) is 31.5 Å². The average molecular weight is 363 g/mol. The summed E-state index contributed by atoms with van der Waals surface area (Å²) >= 11 is 0. The van der Waals surface area contributed by atoms with Crippen LogP contribution in [0.5, 0.6) is 11.5 Å². The summed E-state index contributed by atoms with van der Waals surface area (Å²) in [5.74, 6) is 1.23. The lowest BCUT2D eigenvalue weighted by Gasteiger charge is -2.14. The minimum Gasteiger partial charge on any atom is -0.493 e. The van der Waals surface area contributed by atoms with Gasteiger partial charge in [0.15, 0.2) is 11.5 Å². The van der Waals surface area contributed by atoms with E-state index in [-0.39, 0.29) is 18.3 Å². The van der Waals surface area contributed by atoms with Gasteiger partial charge in [-0.2, -0.15) is 0 Å². The molecular weight excluding hydrogens is 340 g/mol. The molecule has 134 valence electrons. The van der Waals surface area contributed by atoms with Gasteiger partial charge in [0.25, 0.3) is 0 Å². The molecule has 0 saturated heterocycles. The van der Waals surface area contributed by atoms with Crippen molar-refractivity contribution < 1.29 is 14.3 Å². The minimum absolute atomic E-state index is 0. The molecule has 3 rings (SSSR count). The number of nitrogens with one attached hydrogen (secondary N) is 1. The van der Waals surface area contributed by atoms with Crippen LogP contribution >= 0.6 is 12.4 Å². The Morgan fingerprint density at radius 1 is 1.12 bits per heavy atom. The SMILES string of the molecule is COc1cc(CNC(=O)C2(N)CC2)ccc1OCc1ccccc1.Cl. The van der Waals surface area contributed by atoms with Gasteiger partial charge in [-0.15, -0.1) is 12.4 Å². The van der Waals surface area contributed by atoms with E-state index in [1.165, 1.54) is 0 Å². The first kappa shape index (κ1) is 19.1. The molecule has 5 nitrogen and oxygen atoms in total. The number of ether oxygens (including phenoxy) is 2. The molecule has 0 unspecified atom stereocenters. The number of halogens is 1. The maximum atomic E-state index is 11.9. The molecule has 1 aliphatic rings. The normalized spacial score (nSPS) is 14.2. The third kappa shape index (κ3) is 4.87. The lowest BCUT2D eigenvalue weighted by molar-refractivity contribution is -0.123. The highest BCUT2D eigenvalue weighted by Crippen LogP contribution is 2.32. The third-order valence-corrected chi connectivity index (χ3v) is 4.16. The first-order chi connectivity index (χ1) is 11.6. The molecule has 0 aliphatic heterocycles. The summed E-state index contributed by atoms with van der Waals surface area (Å²) in [6, 6.07) is 15.6. The highest BCUT2D eigenvalue weighted by atomic mass is 35.5. The minimum atomic E-state index is -0.650. The number of methoxy groups -OCH3 is 1. The predicted octanol–water partition coefficient (Wildman–Crippen LogP) is 2.80. The zero-order valence-electron chi connectivity index (χ0n) is 14.2. The zero-order valence-corrected chi connectivity index (χ0v) is 15.0. The second-order valence-electron chi connectivity index (χ2n) is 6.10. The van der Waals surface area contributed by atoms with Gasteiger partial charge in [0.1, 0.15) is 6.61 Å². The third-order valence-electron chi connectivity index (χ3n) is 4.16. The van der Waals surface area contributed by atoms with Gasteiger partial charge in [-0.3, -0.25) is 4.79 Å². The molecule has 1 amide bonds. The van der Waals surface area contributed by atoms with Crippen LogP contribution in [0.2, 0.25) is 0 Å². The molecule has 0 atom stereocenters. The first-order valence-electron chi connectivity index (χ1n) is 8.01. The molecule has 2 aromatic rings. The predicted molar refractivity (Wildman–Crippen MR) is 99.0 cm³/mol. The van der Waals surface area contributed by atoms with Crippen molar-refractivity contribution in [3.05, 3.63) is 59.7 Å². The molecule has 2 aromatic carbocycles. The Labute approximate surface area is 153 Å². The van der Waals surface area contributed by atoms with E-state index in [1.54, 1.807) is 7.11 Å². The molecule has 3 N–H and O–H groups in total. The number of carbonyl (C=O) groups excluding carboxylic acids is 1. The van der Waals surface area contributed by atoms with Crippen molar-refractivity contribution in [1.29, 1.82) is 0 Å². The fourth-order valence-electron chi connectivity index (χ4n) is 2.40. The summed E-state index contributed by atoms with van der Waals surface area (Å²) < 4.78 is 11.2. The van der Waals surface area contributed by atoms with Gasteiger partial charge in [0.05, 0.1) is 12.6 Å². The van der Waals surface area contributed by atoms with Crippen LogP contribution in [-0.2, 0) is 17.9 Å². The number of nitrogens with two attached hydrogens (primary N) is 1. The smallest absolute Gasteiger partial charge is 0.240 e. The Balaban J connectivity index is 0.00000225. The number of rotatable bonds is 7. The maximum Gasteiger partial charge on any atom is 0.240 e. The van der Waals surface area contributed by atoms with Crippen molar-refractivity contribution in [3.63, 3.8) is 0 Å². The van der Waals surface area contributed by atoms with Crippen LogP contribution in [0.15, 0.2) is 48.5 Å². The van der Waals surface area contributed by atoms with E-state index in [4.69, 9.17) is 15.2 Å². The van der Waals surface area contributed by atoms with Crippen molar-refractivity contribution >= 4 is 18.3 Å². The molecule has 0 aromatic heterocycles. The average Bonchev–Trinajstić information content (AvgIpc) is 3.38. The molecule has 0 bridgehead atoms. The molecular formula is C19H23ClN2O3. The Hall–Kier alpha value is -2.24. The summed E-state index contributed by atoms with van der Waals surface area (Å²) in [5.41, 5.74) is 7.26. The highest BCUT2D eigenvalue weighted by molar-refractivity contribution is 5.88. The molecule has 1 aliphatic carbocycles. The van der Waals surface area contributed by atoms with Crippen LogP contribution in [0.25, 0.3) is 0 Å². The monoisotopic (exact) mass is 362 g/mol. The van der Waals surface area contributed by atoms with Crippen LogP contribution in [0.1, 0.15) is 24.0 Å². The van der Waals surface area contributed by atoms with E-state index < -0.39 is 5.54 Å². The summed E-state index contributed by atoms with van der Waals surface area (Å²) in [5, 5.41) is 2.87. The Kier molecular flexibility index (Phi) is 6.28. The van der Waals surface area contributed by atoms with Gasteiger partial charge in [0, 0.05) is 6.54 Å². The number of amides is 1. The molecule has 0 heterocycles. The van der Waals surface area contributed by atoms with Gasteiger partial charge < -0.3 is 20.5 Å². The quantitative estimate of drug-likeness (QED) is 0.794. The van der Waals surface area contributed by atoms with Crippen molar-refractivity contribution in [2.75, 3.05) is 7.11 Å². The molecule has 0 radical (unpaired) electrons. The van der Waals surface area contributed by atoms with E-state index >= 15 is 0 Å². The topological polar surface area (TPSA) is 73.6 Å². The van der Waals surface area contributed by atoms with Crippen LogP contribution < -0.4 is 20.5 Å². The van der Waals surface area contributed by atoms with Gasteiger partial charge >= 0.3 is 0 Å². The summed E-state index contributed by atoms with van der Waals surface area (Å²) in [6.45, 7) is 0.899. The number of benzene rings is 2. The second-order valence-corrected chi connectivity index (χ2v) is 6.10. The highest BCUT2D eigenvalue weighted by Gasteiger charge is 2.45. The van der Waals surface area contributed by atoms with E-state index in [2.05, 4.69) is 5.32 Å². The van der Waals surface area contributed by atoms with E-state index in [9.17, 15) is 4.79 Å². The fraction of sp³-hybridized carbons (Fsp3) is 0.316. The van der Waals surface area contributed by atoms with Crippen LogP contribution in [-0.4, -0.2) is 18.6 Å².